The third kappa shape index (κ3) is 4.99. The van der Waals surface area contributed by atoms with Gasteiger partial charge in [-0.2, -0.15) is 4.39 Å². The second kappa shape index (κ2) is 10.8. The Hall–Kier alpha value is -4.68. The van der Waals surface area contributed by atoms with Crippen molar-refractivity contribution in [1.82, 2.24) is 15.0 Å². The van der Waals surface area contributed by atoms with Gasteiger partial charge in [-0.25, -0.2) is 18.2 Å². The number of halogens is 4. The molecule has 6 rings (SSSR count). The van der Waals surface area contributed by atoms with E-state index in [1.807, 2.05) is 13.8 Å². The Morgan fingerprint density at radius 3 is 2.50 bits per heavy atom. The lowest BCUT2D eigenvalue weighted by Crippen LogP contribution is -2.46. The van der Waals surface area contributed by atoms with Crippen LogP contribution in [0.2, 0.25) is 0 Å². The number of benzene rings is 3. The lowest BCUT2D eigenvalue weighted by Gasteiger charge is -2.43. The zero-order valence-corrected chi connectivity index (χ0v) is 23.8. The molecule has 5 aromatic rings. The number of rotatable bonds is 7. The molecule has 3 N–H and O–H groups in total. The van der Waals surface area contributed by atoms with Crippen LogP contribution in [-0.4, -0.2) is 39.2 Å². The molecule has 3 aromatic carbocycles. The maximum absolute atomic E-state index is 15.1. The fourth-order valence-electron chi connectivity index (χ4n) is 5.05. The highest BCUT2D eigenvalue weighted by Gasteiger charge is 2.45. The molecule has 228 valence electrons. The Balaban J connectivity index is 1.39. The number of carboxylic acids is 1. The molecule has 8 nitrogen and oxygen atoms in total. The molecule has 0 aliphatic carbocycles. The molecule has 1 fully saturated rings. The van der Waals surface area contributed by atoms with Crippen LogP contribution in [0.25, 0.3) is 22.3 Å². The quantitative estimate of drug-likeness (QED) is 0.131. The highest BCUT2D eigenvalue weighted by atomic mass is 19.2. The van der Waals surface area contributed by atoms with Crippen LogP contribution >= 0.6 is 0 Å². The number of ether oxygens (including phenoxy) is 3. The van der Waals surface area contributed by atoms with Crippen molar-refractivity contribution < 1.29 is 41.7 Å². The van der Waals surface area contributed by atoms with Crippen molar-refractivity contribution in [3.8, 4) is 22.9 Å². The summed E-state index contributed by atoms with van der Waals surface area (Å²) in [4.78, 5) is 21.5. The standard InChI is InChI=1S/C32H27F4N3O5/c1-16(30(40)41)17-5-4-6-18(11-17)32(42-14-31(2,3)15-43-32)23-13-38-29(39-23)21-12-19(7-8-22(21)33)44-28-24(34)20-9-10-37-27(20)25(35)26(28)36/h4-13,16,37H,14-15H2,1-3H3,(H,38,39)(H,40,41). The van der Waals surface area contributed by atoms with E-state index >= 15 is 8.78 Å². The van der Waals surface area contributed by atoms with E-state index in [4.69, 9.17) is 14.2 Å². The van der Waals surface area contributed by atoms with Gasteiger partial charge in [0.1, 0.15) is 23.1 Å². The van der Waals surface area contributed by atoms with Crippen LogP contribution in [0.4, 0.5) is 17.6 Å². The van der Waals surface area contributed by atoms with Crippen molar-refractivity contribution in [3.05, 3.63) is 101 Å². The van der Waals surface area contributed by atoms with Crippen LogP contribution in [0, 0.1) is 28.7 Å². The molecule has 3 heterocycles. The molecule has 0 amide bonds. The molecule has 1 unspecified atom stereocenters. The number of aliphatic carboxylic acids is 1. The number of hydrogen-bond acceptors (Lipinski definition) is 5. The van der Waals surface area contributed by atoms with E-state index in [1.54, 1.807) is 31.2 Å². The van der Waals surface area contributed by atoms with Crippen molar-refractivity contribution in [2.75, 3.05) is 13.2 Å². The second-order valence-corrected chi connectivity index (χ2v) is 11.5. The van der Waals surface area contributed by atoms with Crippen LogP contribution in [0.15, 0.2) is 60.9 Å². The third-order valence-corrected chi connectivity index (χ3v) is 7.61. The number of carboxylic acid groups (broad SMARTS) is 1. The minimum absolute atomic E-state index is 0.0163. The molecule has 0 saturated carbocycles. The number of nitrogens with one attached hydrogen (secondary N) is 2. The Morgan fingerprint density at radius 1 is 1.02 bits per heavy atom. The van der Waals surface area contributed by atoms with Gasteiger partial charge in [-0.05, 0) is 42.8 Å². The van der Waals surface area contributed by atoms with Gasteiger partial charge in [-0.1, -0.05) is 32.0 Å². The number of H-pyrrole nitrogens is 2. The zero-order chi connectivity index (χ0) is 31.4. The molecular weight excluding hydrogens is 582 g/mol. The first-order chi connectivity index (χ1) is 20.9. The molecule has 2 aromatic heterocycles. The van der Waals surface area contributed by atoms with E-state index in [2.05, 4.69) is 15.0 Å². The van der Waals surface area contributed by atoms with Gasteiger partial charge in [0.05, 0.1) is 36.4 Å². The molecule has 1 saturated heterocycles. The smallest absolute Gasteiger partial charge is 0.310 e. The highest BCUT2D eigenvalue weighted by molar-refractivity contribution is 5.82. The summed E-state index contributed by atoms with van der Waals surface area (Å²) in [6.45, 7) is 6.04. The van der Waals surface area contributed by atoms with Crippen LogP contribution in [0.5, 0.6) is 11.5 Å². The van der Waals surface area contributed by atoms with E-state index in [9.17, 15) is 18.7 Å². The fraction of sp³-hybridized carbons (Fsp3) is 0.250. The number of aromatic nitrogens is 3. The summed E-state index contributed by atoms with van der Waals surface area (Å²) < 4.78 is 77.4. The van der Waals surface area contributed by atoms with E-state index in [1.165, 1.54) is 24.5 Å². The average Bonchev–Trinajstić information content (AvgIpc) is 3.70. The lowest BCUT2D eigenvalue weighted by molar-refractivity contribution is -0.286. The van der Waals surface area contributed by atoms with Gasteiger partial charge in [-0.15, -0.1) is 0 Å². The third-order valence-electron chi connectivity index (χ3n) is 7.61. The zero-order valence-electron chi connectivity index (χ0n) is 23.8. The number of imidazole rings is 1. The molecule has 0 spiro atoms. The molecule has 0 radical (unpaired) electrons. The number of nitrogens with zero attached hydrogens (tertiary/aromatic N) is 1. The largest absolute Gasteiger partial charge is 0.481 e. The Morgan fingerprint density at radius 2 is 1.77 bits per heavy atom. The summed E-state index contributed by atoms with van der Waals surface area (Å²) in [5, 5.41) is 9.34. The van der Waals surface area contributed by atoms with Gasteiger partial charge >= 0.3 is 5.97 Å². The minimum atomic E-state index is -1.54. The summed E-state index contributed by atoms with van der Waals surface area (Å²) in [6, 6.07) is 11.4. The minimum Gasteiger partial charge on any atom is -0.481 e. The van der Waals surface area contributed by atoms with Crippen LogP contribution in [0.1, 0.15) is 43.5 Å². The molecule has 12 heteroatoms. The highest BCUT2D eigenvalue weighted by Crippen LogP contribution is 2.43. The monoisotopic (exact) mass is 609 g/mol. The molecule has 1 aliphatic rings. The summed E-state index contributed by atoms with van der Waals surface area (Å²) in [5.41, 5.74) is 0.532. The van der Waals surface area contributed by atoms with Crippen LogP contribution < -0.4 is 4.74 Å². The van der Waals surface area contributed by atoms with Gasteiger partial charge in [0.25, 0.3) is 0 Å². The van der Waals surface area contributed by atoms with E-state index in [0.717, 1.165) is 12.1 Å². The van der Waals surface area contributed by atoms with Crippen molar-refractivity contribution >= 4 is 16.9 Å². The number of fused-ring (bicyclic) bond motifs is 1. The van der Waals surface area contributed by atoms with E-state index in [0.29, 0.717) is 16.8 Å². The topological polar surface area (TPSA) is 109 Å². The van der Waals surface area contributed by atoms with Gasteiger partial charge in [0, 0.05) is 22.6 Å². The van der Waals surface area contributed by atoms with Crippen LogP contribution in [-0.2, 0) is 20.1 Å². The summed E-state index contributed by atoms with van der Waals surface area (Å²) in [5.74, 6) is -9.19. The number of aromatic amines is 2. The lowest BCUT2D eigenvalue weighted by atomic mass is 9.91. The first-order valence-electron chi connectivity index (χ1n) is 13.7. The van der Waals surface area contributed by atoms with Crippen molar-refractivity contribution in [2.24, 2.45) is 5.41 Å². The van der Waals surface area contributed by atoms with Crippen LogP contribution in [0.3, 0.4) is 0 Å². The Bertz CT molecular complexity index is 1890. The molecule has 1 aliphatic heterocycles. The van der Waals surface area contributed by atoms with Gasteiger partial charge in [-0.3, -0.25) is 4.79 Å². The summed E-state index contributed by atoms with van der Waals surface area (Å²) in [6.07, 6.45) is 2.67. The first kappa shape index (κ1) is 29.4. The normalized spacial score (nSPS) is 16.6. The van der Waals surface area contributed by atoms with E-state index in [-0.39, 0.29) is 46.7 Å². The summed E-state index contributed by atoms with van der Waals surface area (Å²) in [7, 11) is 0. The Kier molecular flexibility index (Phi) is 7.21. The number of hydrogen-bond donors (Lipinski definition) is 3. The SMILES string of the molecule is CC(C(=O)O)c1cccc(C2(c3cnc(-c4cc(Oc5c(F)c(F)c6[nH]ccc6c5F)ccc4F)[nH]3)OCC(C)(C)CO2)c1. The maximum Gasteiger partial charge on any atom is 0.310 e. The molecule has 44 heavy (non-hydrogen) atoms. The predicted octanol–water partition coefficient (Wildman–Crippen LogP) is 7.37. The van der Waals surface area contributed by atoms with E-state index < -0.39 is 46.7 Å². The van der Waals surface area contributed by atoms with Gasteiger partial charge in [0.2, 0.25) is 17.4 Å². The molecule has 0 bridgehead atoms. The molecule has 1 atom stereocenters. The van der Waals surface area contributed by atoms with Crippen molar-refractivity contribution in [2.45, 2.75) is 32.5 Å². The molecular formula is C32H27F4N3O5. The van der Waals surface area contributed by atoms with Crippen molar-refractivity contribution in [3.63, 3.8) is 0 Å². The summed E-state index contributed by atoms with van der Waals surface area (Å²) >= 11 is 0. The van der Waals surface area contributed by atoms with Gasteiger partial charge in [0.15, 0.2) is 11.6 Å². The van der Waals surface area contributed by atoms with Gasteiger partial charge < -0.3 is 29.3 Å². The second-order valence-electron chi connectivity index (χ2n) is 11.5. The average molecular weight is 610 g/mol. The maximum atomic E-state index is 15.1. The Labute approximate surface area is 248 Å². The predicted molar refractivity (Wildman–Crippen MR) is 151 cm³/mol. The van der Waals surface area contributed by atoms with Crippen molar-refractivity contribution in [1.29, 1.82) is 0 Å². The fourth-order valence-corrected chi connectivity index (χ4v) is 5.05. The number of carbonyl (C=O) groups is 1. The first-order valence-corrected chi connectivity index (χ1v) is 13.7.